The summed E-state index contributed by atoms with van der Waals surface area (Å²) in [6, 6.07) is 3.25. The summed E-state index contributed by atoms with van der Waals surface area (Å²) < 4.78 is 0. The molecule has 2 atom stereocenters. The number of nitriles is 1. The Hall–Kier alpha value is -1.64. The zero-order valence-electron chi connectivity index (χ0n) is 8.27. The zero-order chi connectivity index (χ0) is 11.4. The van der Waals surface area contributed by atoms with Crippen molar-refractivity contribution in [3.05, 3.63) is 33.7 Å². The number of aromatic amines is 1. The van der Waals surface area contributed by atoms with Crippen LogP contribution in [0.4, 0.5) is 0 Å². The Balaban J connectivity index is 2.92. The first-order valence-corrected chi connectivity index (χ1v) is 4.48. The van der Waals surface area contributed by atoms with Crippen molar-refractivity contribution in [3.63, 3.8) is 0 Å². The van der Waals surface area contributed by atoms with Gasteiger partial charge < -0.3 is 15.2 Å². The van der Waals surface area contributed by atoms with Crippen LogP contribution in [-0.4, -0.2) is 21.3 Å². The van der Waals surface area contributed by atoms with Crippen molar-refractivity contribution in [2.24, 2.45) is 0 Å². The maximum Gasteiger partial charge on any atom is 0.250 e. The van der Waals surface area contributed by atoms with Crippen molar-refractivity contribution in [2.45, 2.75) is 25.6 Å². The molecule has 0 aromatic carbocycles. The first kappa shape index (κ1) is 11.4. The Bertz CT molecular complexity index is 433. The molecule has 0 amide bonds. The highest BCUT2D eigenvalue weighted by molar-refractivity contribution is 5.20. The standard InChI is InChI=1S/C10H12N2O3/c1-6-4-7(5-12-10(6)15)9(14)8(13)2-3-11/h4-5,8-9,13-14H,2H2,1H3,(H,12,15). The van der Waals surface area contributed by atoms with E-state index in [2.05, 4.69) is 4.98 Å². The van der Waals surface area contributed by atoms with Crippen LogP contribution in [0.25, 0.3) is 0 Å². The average Bonchev–Trinajstić information content (AvgIpc) is 2.21. The van der Waals surface area contributed by atoms with Crippen molar-refractivity contribution >= 4 is 0 Å². The van der Waals surface area contributed by atoms with Gasteiger partial charge in [0.25, 0.3) is 5.56 Å². The van der Waals surface area contributed by atoms with Gasteiger partial charge in [-0.05, 0) is 18.6 Å². The number of aromatic nitrogens is 1. The molecule has 0 saturated carbocycles. The van der Waals surface area contributed by atoms with Crippen molar-refractivity contribution in [3.8, 4) is 6.07 Å². The zero-order valence-corrected chi connectivity index (χ0v) is 8.27. The number of rotatable bonds is 3. The van der Waals surface area contributed by atoms with Crippen LogP contribution in [0.3, 0.4) is 0 Å². The quantitative estimate of drug-likeness (QED) is 0.650. The molecule has 1 aromatic rings. The molecule has 80 valence electrons. The summed E-state index contributed by atoms with van der Waals surface area (Å²) in [5, 5.41) is 27.3. The molecule has 0 radical (unpaired) electrons. The lowest BCUT2D eigenvalue weighted by molar-refractivity contribution is 0.0214. The lowest BCUT2D eigenvalue weighted by atomic mass is 10.0. The molecular formula is C10H12N2O3. The van der Waals surface area contributed by atoms with Crippen LogP contribution in [0.2, 0.25) is 0 Å². The van der Waals surface area contributed by atoms with E-state index in [1.165, 1.54) is 12.3 Å². The summed E-state index contributed by atoms with van der Waals surface area (Å²) in [6.45, 7) is 1.60. The van der Waals surface area contributed by atoms with Crippen molar-refractivity contribution < 1.29 is 10.2 Å². The van der Waals surface area contributed by atoms with E-state index in [1.54, 1.807) is 13.0 Å². The van der Waals surface area contributed by atoms with Gasteiger partial charge >= 0.3 is 0 Å². The number of hydrogen-bond acceptors (Lipinski definition) is 4. The third-order valence-corrected chi connectivity index (χ3v) is 2.12. The Morgan fingerprint density at radius 3 is 2.80 bits per heavy atom. The molecule has 0 bridgehead atoms. The summed E-state index contributed by atoms with van der Waals surface area (Å²) in [5.74, 6) is 0. The molecule has 3 N–H and O–H groups in total. The Morgan fingerprint density at radius 1 is 1.60 bits per heavy atom. The van der Waals surface area contributed by atoms with Crippen LogP contribution in [0.15, 0.2) is 17.1 Å². The minimum absolute atomic E-state index is 0.153. The minimum Gasteiger partial charge on any atom is -0.389 e. The highest BCUT2D eigenvalue weighted by Gasteiger charge is 2.18. The van der Waals surface area contributed by atoms with Crippen LogP contribution < -0.4 is 5.56 Å². The smallest absolute Gasteiger partial charge is 0.250 e. The SMILES string of the molecule is Cc1cc(C(O)C(O)CC#N)c[nH]c1=O. The largest absolute Gasteiger partial charge is 0.389 e. The monoisotopic (exact) mass is 208 g/mol. The number of pyridine rings is 1. The number of nitrogens with zero attached hydrogens (tertiary/aromatic N) is 1. The van der Waals surface area contributed by atoms with Crippen LogP contribution in [-0.2, 0) is 0 Å². The Morgan fingerprint density at radius 2 is 2.27 bits per heavy atom. The summed E-state index contributed by atoms with van der Waals surface area (Å²) in [6.07, 6.45) is -1.11. The molecule has 0 saturated heterocycles. The summed E-state index contributed by atoms with van der Waals surface area (Å²) in [4.78, 5) is 13.5. The average molecular weight is 208 g/mol. The number of nitrogens with one attached hydrogen (secondary N) is 1. The molecule has 0 spiro atoms. The lowest BCUT2D eigenvalue weighted by Crippen LogP contribution is -2.19. The third kappa shape index (κ3) is 2.65. The van der Waals surface area contributed by atoms with Crippen LogP contribution >= 0.6 is 0 Å². The second-order valence-electron chi connectivity index (χ2n) is 3.32. The van der Waals surface area contributed by atoms with Gasteiger partial charge in [0, 0.05) is 11.8 Å². The van der Waals surface area contributed by atoms with Gasteiger partial charge in [0.15, 0.2) is 0 Å². The molecule has 1 heterocycles. The van der Waals surface area contributed by atoms with E-state index in [0.29, 0.717) is 11.1 Å². The molecule has 5 nitrogen and oxygen atoms in total. The van der Waals surface area contributed by atoms with Crippen LogP contribution in [0, 0.1) is 18.3 Å². The van der Waals surface area contributed by atoms with Gasteiger partial charge in [0.2, 0.25) is 0 Å². The topological polar surface area (TPSA) is 97.1 Å². The molecule has 0 aliphatic heterocycles. The van der Waals surface area contributed by atoms with E-state index < -0.39 is 12.2 Å². The summed E-state index contributed by atoms with van der Waals surface area (Å²) >= 11 is 0. The Labute approximate surface area is 86.6 Å². The van der Waals surface area contributed by atoms with Crippen molar-refractivity contribution in [2.75, 3.05) is 0 Å². The van der Waals surface area contributed by atoms with Gasteiger partial charge in [-0.3, -0.25) is 4.79 Å². The molecule has 0 fully saturated rings. The maximum absolute atomic E-state index is 11.0. The normalized spacial score (nSPS) is 14.3. The van der Waals surface area contributed by atoms with Gasteiger partial charge in [0.1, 0.15) is 6.10 Å². The minimum atomic E-state index is -1.15. The fourth-order valence-corrected chi connectivity index (χ4v) is 1.22. The number of aliphatic hydroxyl groups excluding tert-OH is 2. The van der Waals surface area contributed by atoms with Gasteiger partial charge in [-0.2, -0.15) is 5.26 Å². The molecule has 1 aromatic heterocycles. The predicted molar refractivity (Wildman–Crippen MR) is 53.0 cm³/mol. The summed E-state index contributed by atoms with van der Waals surface area (Å²) in [5.41, 5.74) is 0.617. The van der Waals surface area contributed by atoms with E-state index in [9.17, 15) is 15.0 Å². The Kier molecular flexibility index (Phi) is 3.61. The number of H-pyrrole nitrogens is 1. The van der Waals surface area contributed by atoms with E-state index in [4.69, 9.17) is 5.26 Å². The number of aryl methyl sites for hydroxylation is 1. The first-order valence-electron chi connectivity index (χ1n) is 4.48. The van der Waals surface area contributed by atoms with E-state index >= 15 is 0 Å². The van der Waals surface area contributed by atoms with Gasteiger partial charge in [0.05, 0.1) is 18.6 Å². The fourth-order valence-electron chi connectivity index (χ4n) is 1.22. The molecule has 0 aliphatic rings. The molecule has 1 rings (SSSR count). The molecule has 2 unspecified atom stereocenters. The molecular weight excluding hydrogens is 196 g/mol. The summed E-state index contributed by atoms with van der Waals surface area (Å²) in [7, 11) is 0. The highest BCUT2D eigenvalue weighted by atomic mass is 16.3. The highest BCUT2D eigenvalue weighted by Crippen LogP contribution is 2.17. The predicted octanol–water partition coefficient (Wildman–Crippen LogP) is -0.00870. The van der Waals surface area contributed by atoms with E-state index in [-0.39, 0.29) is 12.0 Å². The van der Waals surface area contributed by atoms with E-state index in [0.717, 1.165) is 0 Å². The van der Waals surface area contributed by atoms with E-state index in [1.807, 2.05) is 0 Å². The van der Waals surface area contributed by atoms with Crippen LogP contribution in [0.5, 0.6) is 0 Å². The molecule has 15 heavy (non-hydrogen) atoms. The lowest BCUT2D eigenvalue weighted by Gasteiger charge is -2.15. The third-order valence-electron chi connectivity index (χ3n) is 2.12. The van der Waals surface area contributed by atoms with Crippen molar-refractivity contribution in [1.82, 2.24) is 4.98 Å². The second kappa shape index (κ2) is 4.73. The fraction of sp³-hybridized carbons (Fsp3) is 0.400. The molecule has 0 aliphatic carbocycles. The van der Waals surface area contributed by atoms with Gasteiger partial charge in [-0.1, -0.05) is 0 Å². The van der Waals surface area contributed by atoms with Gasteiger partial charge in [-0.15, -0.1) is 0 Å². The maximum atomic E-state index is 11.0. The molecule has 5 heteroatoms. The number of aliphatic hydroxyl groups is 2. The van der Waals surface area contributed by atoms with Crippen LogP contribution in [0.1, 0.15) is 23.7 Å². The van der Waals surface area contributed by atoms with Gasteiger partial charge in [-0.25, -0.2) is 0 Å². The first-order chi connectivity index (χ1) is 7.06. The number of hydrogen-bond donors (Lipinski definition) is 3. The second-order valence-corrected chi connectivity index (χ2v) is 3.32. The van der Waals surface area contributed by atoms with Crippen molar-refractivity contribution in [1.29, 1.82) is 5.26 Å².